The third kappa shape index (κ3) is 3.87. The number of aryl methyl sites for hydroxylation is 1. The molecule has 0 bridgehead atoms. The first-order valence-electron chi connectivity index (χ1n) is 7.86. The maximum atomic E-state index is 12.9. The van der Waals surface area contributed by atoms with Gasteiger partial charge in [-0.15, -0.1) is 22.7 Å². The van der Waals surface area contributed by atoms with Crippen LogP contribution in [0.25, 0.3) is 0 Å². The molecule has 1 aliphatic carbocycles. The Morgan fingerprint density at radius 3 is 2.68 bits per heavy atom. The van der Waals surface area contributed by atoms with Gasteiger partial charge in [0.25, 0.3) is 5.91 Å². The van der Waals surface area contributed by atoms with Gasteiger partial charge in [0, 0.05) is 4.88 Å². The molecule has 4 nitrogen and oxygen atoms in total. The van der Waals surface area contributed by atoms with Crippen LogP contribution in [-0.2, 0) is 19.0 Å². The number of fused-ring (bicyclic) bond motifs is 1. The number of rotatable bonds is 2. The minimum absolute atomic E-state index is 0.190. The maximum Gasteiger partial charge on any atom is 0.434 e. The molecule has 1 N–H and O–H groups in total. The Balaban J connectivity index is 1.77. The van der Waals surface area contributed by atoms with Crippen molar-refractivity contribution in [3.8, 4) is 0 Å². The Morgan fingerprint density at radius 1 is 1.32 bits per heavy atom. The Morgan fingerprint density at radius 2 is 2.04 bits per heavy atom. The van der Waals surface area contributed by atoms with Crippen LogP contribution in [0.15, 0.2) is 5.51 Å². The lowest BCUT2D eigenvalue weighted by Gasteiger charge is -2.33. The molecule has 0 aliphatic heterocycles. The fourth-order valence-electron chi connectivity index (χ4n) is 2.93. The van der Waals surface area contributed by atoms with Crippen molar-refractivity contribution in [1.29, 1.82) is 0 Å². The first-order valence-corrected chi connectivity index (χ1v) is 9.56. The average Bonchev–Trinajstić information content (AvgIpc) is 3.11. The third-order valence-corrected chi connectivity index (χ3v) is 6.29. The van der Waals surface area contributed by atoms with Crippen LogP contribution in [0.2, 0.25) is 0 Å². The molecule has 2 aromatic heterocycles. The van der Waals surface area contributed by atoms with Gasteiger partial charge in [0.1, 0.15) is 4.88 Å². The van der Waals surface area contributed by atoms with E-state index in [0.717, 1.165) is 35.3 Å². The molecule has 2 aromatic rings. The number of aromatic nitrogens is 2. The molecule has 25 heavy (non-hydrogen) atoms. The SMILES string of the molecule is CC(C)(C)C1CCc2nc(NC(=O)c3scnc3C(F)(F)F)sc2C1. The highest BCUT2D eigenvalue weighted by Crippen LogP contribution is 2.40. The van der Waals surface area contributed by atoms with Gasteiger partial charge >= 0.3 is 6.18 Å². The number of hydrogen-bond acceptors (Lipinski definition) is 5. The Labute approximate surface area is 151 Å². The minimum Gasteiger partial charge on any atom is -0.297 e. The molecule has 1 amide bonds. The van der Waals surface area contributed by atoms with Crippen molar-refractivity contribution in [2.24, 2.45) is 11.3 Å². The van der Waals surface area contributed by atoms with Crippen LogP contribution >= 0.6 is 22.7 Å². The van der Waals surface area contributed by atoms with Crippen LogP contribution in [0.3, 0.4) is 0 Å². The first-order chi connectivity index (χ1) is 11.6. The second-order valence-electron chi connectivity index (χ2n) is 7.18. The molecule has 9 heteroatoms. The molecule has 0 radical (unpaired) electrons. The van der Waals surface area contributed by atoms with Gasteiger partial charge in [0.05, 0.1) is 11.2 Å². The monoisotopic (exact) mass is 389 g/mol. The lowest BCUT2D eigenvalue weighted by atomic mass is 9.73. The maximum absolute atomic E-state index is 12.9. The van der Waals surface area contributed by atoms with E-state index in [4.69, 9.17) is 0 Å². The molecule has 0 spiro atoms. The molecule has 0 aromatic carbocycles. The summed E-state index contributed by atoms with van der Waals surface area (Å²) >= 11 is 2.03. The second-order valence-corrected chi connectivity index (χ2v) is 9.12. The summed E-state index contributed by atoms with van der Waals surface area (Å²) < 4.78 is 38.6. The third-order valence-electron chi connectivity index (χ3n) is 4.43. The van der Waals surface area contributed by atoms with E-state index in [9.17, 15) is 18.0 Å². The van der Waals surface area contributed by atoms with E-state index >= 15 is 0 Å². The quantitative estimate of drug-likeness (QED) is 0.784. The van der Waals surface area contributed by atoms with Gasteiger partial charge in [0.2, 0.25) is 0 Å². The summed E-state index contributed by atoms with van der Waals surface area (Å²) in [4.78, 5) is 20.5. The number of nitrogens with one attached hydrogen (secondary N) is 1. The zero-order chi connectivity index (χ0) is 18.4. The van der Waals surface area contributed by atoms with Crippen molar-refractivity contribution in [3.63, 3.8) is 0 Å². The predicted molar refractivity (Wildman–Crippen MR) is 92.2 cm³/mol. The van der Waals surface area contributed by atoms with Crippen molar-refractivity contribution in [2.75, 3.05) is 5.32 Å². The Kier molecular flexibility index (Phi) is 4.65. The first kappa shape index (κ1) is 18.3. The summed E-state index contributed by atoms with van der Waals surface area (Å²) in [6.07, 6.45) is -1.89. The van der Waals surface area contributed by atoms with E-state index in [1.165, 1.54) is 11.3 Å². The van der Waals surface area contributed by atoms with Gasteiger partial charge in [-0.25, -0.2) is 9.97 Å². The van der Waals surface area contributed by atoms with Crippen molar-refractivity contribution in [3.05, 3.63) is 26.7 Å². The number of carbonyl (C=O) groups is 1. The molecule has 1 aliphatic rings. The molecule has 136 valence electrons. The molecule has 2 heterocycles. The van der Waals surface area contributed by atoms with Crippen LogP contribution in [0.4, 0.5) is 18.3 Å². The van der Waals surface area contributed by atoms with Gasteiger partial charge in [-0.05, 0) is 30.6 Å². The van der Waals surface area contributed by atoms with Crippen LogP contribution < -0.4 is 5.32 Å². The number of thiazole rings is 2. The predicted octanol–water partition coefficient (Wildman–Crippen LogP) is 5.02. The number of halogens is 3. The molecule has 0 saturated heterocycles. The number of anilines is 1. The largest absolute Gasteiger partial charge is 0.434 e. The van der Waals surface area contributed by atoms with Gasteiger partial charge in [-0.3, -0.25) is 10.1 Å². The second kappa shape index (κ2) is 6.35. The number of amides is 1. The summed E-state index contributed by atoms with van der Waals surface area (Å²) in [7, 11) is 0. The van der Waals surface area contributed by atoms with Crippen LogP contribution in [-0.4, -0.2) is 15.9 Å². The summed E-state index contributed by atoms with van der Waals surface area (Å²) in [6, 6.07) is 0. The van der Waals surface area contributed by atoms with Gasteiger partial charge in [-0.1, -0.05) is 20.8 Å². The Bertz CT molecular complexity index is 789. The molecule has 1 atom stereocenters. The lowest BCUT2D eigenvalue weighted by Crippen LogP contribution is -2.26. The lowest BCUT2D eigenvalue weighted by molar-refractivity contribution is -0.141. The van der Waals surface area contributed by atoms with E-state index in [1.54, 1.807) is 0 Å². The summed E-state index contributed by atoms with van der Waals surface area (Å²) in [6.45, 7) is 6.61. The van der Waals surface area contributed by atoms with Gasteiger partial charge < -0.3 is 0 Å². The number of hydrogen-bond donors (Lipinski definition) is 1. The summed E-state index contributed by atoms with van der Waals surface area (Å²) in [5, 5.41) is 2.86. The summed E-state index contributed by atoms with van der Waals surface area (Å²) in [5.74, 6) is -0.282. The van der Waals surface area contributed by atoms with E-state index < -0.39 is 22.7 Å². The highest BCUT2D eigenvalue weighted by molar-refractivity contribution is 7.16. The van der Waals surface area contributed by atoms with Crippen molar-refractivity contribution in [2.45, 2.75) is 46.2 Å². The number of alkyl halides is 3. The number of nitrogens with zero attached hydrogens (tertiary/aromatic N) is 2. The van der Waals surface area contributed by atoms with Crippen LogP contribution in [0.1, 0.15) is 53.1 Å². The van der Waals surface area contributed by atoms with E-state index in [0.29, 0.717) is 22.4 Å². The summed E-state index contributed by atoms with van der Waals surface area (Å²) in [5.41, 5.74) is 1.01. The van der Waals surface area contributed by atoms with Gasteiger partial charge in [0.15, 0.2) is 10.8 Å². The zero-order valence-electron chi connectivity index (χ0n) is 14.0. The van der Waals surface area contributed by atoms with Crippen LogP contribution in [0.5, 0.6) is 0 Å². The molecule has 3 rings (SSSR count). The van der Waals surface area contributed by atoms with E-state index in [2.05, 4.69) is 36.1 Å². The van der Waals surface area contributed by atoms with Crippen molar-refractivity contribution < 1.29 is 18.0 Å². The standard InChI is InChI=1S/C16H18F3N3OS2/c1-15(2,3)8-4-5-9-10(6-8)25-14(21-9)22-13(23)11-12(16(17,18)19)20-7-24-11/h7-8H,4-6H2,1-3H3,(H,21,22,23). The fourth-order valence-corrected chi connectivity index (χ4v) is 4.72. The molecule has 0 saturated carbocycles. The van der Waals surface area contributed by atoms with Crippen molar-refractivity contribution in [1.82, 2.24) is 9.97 Å². The molecular formula is C16H18F3N3OS2. The number of carbonyl (C=O) groups excluding carboxylic acids is 1. The smallest absolute Gasteiger partial charge is 0.297 e. The van der Waals surface area contributed by atoms with Crippen molar-refractivity contribution >= 4 is 33.7 Å². The molecule has 0 fully saturated rings. The fraction of sp³-hybridized carbons (Fsp3) is 0.562. The molecular weight excluding hydrogens is 371 g/mol. The van der Waals surface area contributed by atoms with Crippen LogP contribution in [0, 0.1) is 11.3 Å². The molecule has 1 unspecified atom stereocenters. The highest BCUT2D eigenvalue weighted by Gasteiger charge is 2.38. The Hall–Kier alpha value is -1.48. The topological polar surface area (TPSA) is 54.9 Å². The van der Waals surface area contributed by atoms with Gasteiger partial charge in [-0.2, -0.15) is 13.2 Å². The normalized spacial score (nSPS) is 18.1. The van der Waals surface area contributed by atoms with E-state index in [1.807, 2.05) is 0 Å². The highest BCUT2D eigenvalue weighted by atomic mass is 32.1. The van der Waals surface area contributed by atoms with E-state index in [-0.39, 0.29) is 5.41 Å². The average molecular weight is 389 g/mol. The minimum atomic E-state index is -4.64. The zero-order valence-corrected chi connectivity index (χ0v) is 15.7.